The van der Waals surface area contributed by atoms with Crippen LogP contribution >= 0.6 is 0 Å². The van der Waals surface area contributed by atoms with Crippen molar-refractivity contribution in [3.05, 3.63) is 97.3 Å². The Kier molecular flexibility index (Phi) is 11.3. The van der Waals surface area contributed by atoms with E-state index in [1.165, 1.54) is 5.56 Å². The summed E-state index contributed by atoms with van der Waals surface area (Å²) in [5, 5.41) is 9.23. The zero-order valence-corrected chi connectivity index (χ0v) is 35.8. The molecule has 326 valence electrons. The lowest BCUT2D eigenvalue weighted by Gasteiger charge is -2.41. The first-order chi connectivity index (χ1) is 30.8. The fourth-order valence-corrected chi connectivity index (χ4v) is 9.74. The molecule has 1 aromatic carbocycles. The standard InChI is InChI=1S/C26H30N8O.C19H24N8O/c1-19-16-33(14-13-31(19)17-20-5-3-2-4-6-20)24-8-7-22-25(30-24)34(21-9-12-32(22)18-21)26(35)29-23-15-27-10-11-28-23;1-13-11-26(9-7-21-13)17-3-2-15-18(24-17)27(14-4-8-25(15)12-14)19(28)23-16-10-20-5-6-22-16/h2-8,10-11,15,19,21H,9,12-14,16-18H2,1H3,(H,28,29,35);2-3,5-6,10,13-14,21H,4,7-9,11-12H2,1H3,(H,22,23,28)/t19?,21-;13?,14-/m00/s1. The van der Waals surface area contributed by atoms with Crippen molar-refractivity contribution >= 4 is 58.3 Å². The van der Waals surface area contributed by atoms with Gasteiger partial charge in [-0.25, -0.2) is 29.5 Å². The van der Waals surface area contributed by atoms with Gasteiger partial charge in [-0.05, 0) is 56.5 Å². The number of carbonyl (C=O) groups excluding carboxylic acids is 2. The summed E-state index contributed by atoms with van der Waals surface area (Å²) < 4.78 is 0. The molecule has 18 heteroatoms. The lowest BCUT2D eigenvalue weighted by atomic mass is 10.1. The van der Waals surface area contributed by atoms with Crippen LogP contribution < -0.4 is 45.3 Å². The molecule has 4 atom stereocenters. The first-order valence-corrected chi connectivity index (χ1v) is 22.1. The molecule has 4 amide bonds. The number of piperazine rings is 2. The minimum atomic E-state index is -0.205. The first-order valence-electron chi connectivity index (χ1n) is 22.1. The number of pyridine rings is 2. The lowest BCUT2D eigenvalue weighted by Crippen LogP contribution is -2.52. The van der Waals surface area contributed by atoms with Crippen LogP contribution in [0.3, 0.4) is 0 Å². The number of nitrogens with one attached hydrogen (secondary N) is 3. The molecule has 2 unspecified atom stereocenters. The Morgan fingerprint density at radius 3 is 1.73 bits per heavy atom. The largest absolute Gasteiger partial charge is 0.366 e. The van der Waals surface area contributed by atoms with Gasteiger partial charge in [-0.1, -0.05) is 30.3 Å². The number of rotatable bonds is 6. The number of hydrogen-bond acceptors (Lipinski definition) is 14. The zero-order chi connectivity index (χ0) is 42.9. The molecule has 0 saturated carbocycles. The normalized spacial score (nSPS) is 22.5. The summed E-state index contributed by atoms with van der Waals surface area (Å²) in [4.78, 5) is 68.4. The van der Waals surface area contributed by atoms with Gasteiger partial charge in [0.25, 0.3) is 0 Å². The van der Waals surface area contributed by atoms with Gasteiger partial charge >= 0.3 is 12.1 Å². The molecular formula is C45H54N16O2. The van der Waals surface area contributed by atoms with E-state index in [0.29, 0.717) is 23.7 Å². The Balaban J connectivity index is 0.000000153. The predicted octanol–water partition coefficient (Wildman–Crippen LogP) is 4.51. The SMILES string of the molecule is CC1CN(c2ccc3c(n2)N(C(=O)Nc2cnccn2)[C@H]2CCN3C2)CCN1.CC1CN(c2ccc3c(n2)N(C(=O)Nc2cnccn2)[C@H]2CCN3C2)CCN1Cc1ccccc1. The topological polar surface area (TPSA) is 170 Å². The molecule has 11 rings (SSSR count). The van der Waals surface area contributed by atoms with Gasteiger partial charge in [0.1, 0.15) is 11.6 Å². The van der Waals surface area contributed by atoms with Crippen molar-refractivity contribution < 1.29 is 9.59 Å². The Morgan fingerprint density at radius 2 is 1.21 bits per heavy atom. The van der Waals surface area contributed by atoms with Gasteiger partial charge in [-0.15, -0.1) is 0 Å². The Hall–Kier alpha value is -6.66. The summed E-state index contributed by atoms with van der Waals surface area (Å²) in [5.41, 5.74) is 3.39. The molecule has 3 N–H and O–H groups in total. The highest BCUT2D eigenvalue weighted by molar-refractivity contribution is 6.05. The minimum Gasteiger partial charge on any atom is -0.366 e. The van der Waals surface area contributed by atoms with Gasteiger partial charge in [0.2, 0.25) is 0 Å². The van der Waals surface area contributed by atoms with Crippen molar-refractivity contribution in [2.75, 3.05) is 105 Å². The summed E-state index contributed by atoms with van der Waals surface area (Å²) in [6.45, 7) is 14.5. The second-order valence-electron chi connectivity index (χ2n) is 17.1. The number of carbonyl (C=O) groups is 2. The van der Waals surface area contributed by atoms with E-state index >= 15 is 0 Å². The minimum absolute atomic E-state index is 0.101. The monoisotopic (exact) mass is 850 g/mol. The summed E-state index contributed by atoms with van der Waals surface area (Å²) >= 11 is 0. The average Bonchev–Trinajstić information content (AvgIpc) is 3.93. The molecule has 4 fully saturated rings. The highest BCUT2D eigenvalue weighted by Gasteiger charge is 2.42. The van der Waals surface area contributed by atoms with E-state index < -0.39 is 0 Å². The molecule has 6 aliphatic rings. The first kappa shape index (κ1) is 40.4. The van der Waals surface area contributed by atoms with Crippen molar-refractivity contribution in [1.29, 1.82) is 0 Å². The molecule has 5 aromatic rings. The number of hydrogen-bond donors (Lipinski definition) is 3. The van der Waals surface area contributed by atoms with E-state index in [0.717, 1.165) is 119 Å². The van der Waals surface area contributed by atoms with Crippen molar-refractivity contribution in [3.8, 4) is 0 Å². The molecule has 6 aliphatic heterocycles. The molecule has 10 heterocycles. The third-order valence-electron chi connectivity index (χ3n) is 12.9. The number of aromatic nitrogens is 6. The highest BCUT2D eigenvalue weighted by Crippen LogP contribution is 2.42. The molecule has 0 radical (unpaired) electrons. The molecule has 4 saturated heterocycles. The van der Waals surface area contributed by atoms with Gasteiger partial charge in [0, 0.05) is 109 Å². The van der Waals surface area contributed by atoms with Crippen LogP contribution in [0, 0.1) is 0 Å². The van der Waals surface area contributed by atoms with Crippen LogP contribution in [-0.2, 0) is 6.54 Å². The Labute approximate surface area is 367 Å². The maximum absolute atomic E-state index is 13.3. The third kappa shape index (κ3) is 8.47. The van der Waals surface area contributed by atoms with Gasteiger partial charge in [-0.2, -0.15) is 0 Å². The third-order valence-corrected chi connectivity index (χ3v) is 12.9. The van der Waals surface area contributed by atoms with E-state index in [4.69, 9.17) is 9.97 Å². The number of amides is 4. The van der Waals surface area contributed by atoms with Crippen molar-refractivity contribution in [2.45, 2.75) is 57.4 Å². The second kappa shape index (κ2) is 17.6. The van der Waals surface area contributed by atoms with E-state index in [2.05, 4.69) is 129 Å². The maximum Gasteiger partial charge on any atom is 0.329 e. The Bertz CT molecular complexity index is 2400. The second-order valence-corrected chi connectivity index (χ2v) is 17.1. The van der Waals surface area contributed by atoms with E-state index in [1.54, 1.807) is 37.2 Å². The van der Waals surface area contributed by atoms with Crippen LogP contribution in [0.1, 0.15) is 32.3 Å². The van der Waals surface area contributed by atoms with Gasteiger partial charge < -0.3 is 24.9 Å². The summed E-state index contributed by atoms with van der Waals surface area (Å²) in [7, 11) is 0. The summed E-state index contributed by atoms with van der Waals surface area (Å²) in [5.74, 6) is 4.21. The molecule has 0 spiro atoms. The van der Waals surface area contributed by atoms with Gasteiger partial charge in [0.15, 0.2) is 23.3 Å². The maximum atomic E-state index is 13.3. The van der Waals surface area contributed by atoms with Crippen LogP contribution in [0.25, 0.3) is 0 Å². The van der Waals surface area contributed by atoms with Gasteiger partial charge in [-0.3, -0.25) is 35.3 Å². The van der Waals surface area contributed by atoms with E-state index in [-0.39, 0.29) is 24.1 Å². The molecule has 63 heavy (non-hydrogen) atoms. The van der Waals surface area contributed by atoms with Crippen molar-refractivity contribution in [3.63, 3.8) is 0 Å². The van der Waals surface area contributed by atoms with E-state index in [1.807, 2.05) is 9.80 Å². The molecule has 4 aromatic heterocycles. The smallest absolute Gasteiger partial charge is 0.329 e. The number of urea groups is 2. The van der Waals surface area contributed by atoms with Crippen LogP contribution in [-0.4, -0.2) is 136 Å². The van der Waals surface area contributed by atoms with Crippen molar-refractivity contribution in [2.24, 2.45) is 0 Å². The van der Waals surface area contributed by atoms with Gasteiger partial charge in [0.05, 0.1) is 35.9 Å². The number of anilines is 8. The predicted molar refractivity (Wildman–Crippen MR) is 245 cm³/mol. The fraction of sp³-hybridized carbons (Fsp3) is 0.422. The Morgan fingerprint density at radius 1 is 0.635 bits per heavy atom. The van der Waals surface area contributed by atoms with Crippen LogP contribution in [0.5, 0.6) is 0 Å². The molecule has 4 bridgehead atoms. The number of nitrogens with zero attached hydrogens (tertiary/aromatic N) is 13. The molecule has 18 nitrogen and oxygen atoms in total. The van der Waals surface area contributed by atoms with Crippen LogP contribution in [0.15, 0.2) is 91.8 Å². The van der Waals surface area contributed by atoms with E-state index in [9.17, 15) is 9.59 Å². The summed E-state index contributed by atoms with van der Waals surface area (Å²) in [6, 6.07) is 19.7. The molecule has 0 aliphatic carbocycles. The lowest BCUT2D eigenvalue weighted by molar-refractivity contribution is 0.180. The highest BCUT2D eigenvalue weighted by atomic mass is 16.2. The molecular weight excluding hydrogens is 797 g/mol. The number of benzene rings is 1. The zero-order valence-electron chi connectivity index (χ0n) is 35.8. The quantitative estimate of drug-likeness (QED) is 0.218. The van der Waals surface area contributed by atoms with Crippen LogP contribution in [0.4, 0.5) is 55.9 Å². The van der Waals surface area contributed by atoms with Crippen LogP contribution in [0.2, 0.25) is 0 Å². The summed E-state index contributed by atoms with van der Waals surface area (Å²) in [6.07, 6.45) is 11.3. The fourth-order valence-electron chi connectivity index (χ4n) is 9.74. The average molecular weight is 851 g/mol. The number of fused-ring (bicyclic) bond motifs is 8. The van der Waals surface area contributed by atoms with Crippen molar-refractivity contribution in [1.82, 2.24) is 40.1 Å².